The van der Waals surface area contributed by atoms with E-state index in [1.54, 1.807) is 0 Å². The van der Waals surface area contributed by atoms with Crippen LogP contribution in [0.25, 0.3) is 0 Å². The van der Waals surface area contributed by atoms with Crippen LogP contribution in [0.1, 0.15) is 17.2 Å². The van der Waals surface area contributed by atoms with Crippen molar-refractivity contribution in [2.24, 2.45) is 5.73 Å². The summed E-state index contributed by atoms with van der Waals surface area (Å²) in [6, 6.07) is 8.70. The fourth-order valence-electron chi connectivity index (χ4n) is 1.94. The Labute approximate surface area is 124 Å². The van der Waals surface area contributed by atoms with E-state index >= 15 is 0 Å². The molecule has 2 aromatic rings. The fraction of sp³-hybridized carbons (Fsp3) is 0.200. The van der Waals surface area contributed by atoms with E-state index < -0.39 is 18.2 Å². The van der Waals surface area contributed by atoms with Crippen LogP contribution in [0.5, 0.6) is 11.5 Å². The number of halogens is 4. The van der Waals surface area contributed by atoms with Crippen molar-refractivity contribution in [2.75, 3.05) is 7.11 Å². The highest BCUT2D eigenvalue weighted by Gasteiger charge is 2.31. The van der Waals surface area contributed by atoms with Gasteiger partial charge in [-0.1, -0.05) is 18.2 Å². The lowest BCUT2D eigenvalue weighted by atomic mass is 9.99. The molecule has 0 heterocycles. The minimum Gasteiger partial charge on any atom is -0.494 e. The van der Waals surface area contributed by atoms with Gasteiger partial charge in [-0.25, -0.2) is 4.39 Å². The molecule has 7 heteroatoms. The number of nitrogens with two attached hydrogens (primary N) is 1. The van der Waals surface area contributed by atoms with Crippen LogP contribution in [0.3, 0.4) is 0 Å². The highest BCUT2D eigenvalue weighted by atomic mass is 19.4. The monoisotopic (exact) mass is 315 g/mol. The lowest BCUT2D eigenvalue weighted by Crippen LogP contribution is -2.17. The van der Waals surface area contributed by atoms with Crippen molar-refractivity contribution in [2.45, 2.75) is 12.4 Å². The number of alkyl halides is 3. The Morgan fingerprint density at radius 3 is 2.14 bits per heavy atom. The number of benzene rings is 2. The first-order valence-corrected chi connectivity index (χ1v) is 6.25. The third-order valence-corrected chi connectivity index (χ3v) is 3.01. The molecule has 22 heavy (non-hydrogen) atoms. The first-order chi connectivity index (χ1) is 10.3. The van der Waals surface area contributed by atoms with E-state index in [0.29, 0.717) is 11.1 Å². The molecule has 0 aliphatic heterocycles. The second-order valence-corrected chi connectivity index (χ2v) is 4.49. The first kappa shape index (κ1) is 16.1. The molecule has 0 fully saturated rings. The lowest BCUT2D eigenvalue weighted by Gasteiger charge is -2.15. The second-order valence-electron chi connectivity index (χ2n) is 4.49. The maximum Gasteiger partial charge on any atom is 0.573 e. The minimum absolute atomic E-state index is 0.0463. The average Bonchev–Trinajstić information content (AvgIpc) is 2.46. The molecule has 0 bridgehead atoms. The summed E-state index contributed by atoms with van der Waals surface area (Å²) in [6.07, 6.45) is -4.74. The summed E-state index contributed by atoms with van der Waals surface area (Å²) >= 11 is 0. The van der Waals surface area contributed by atoms with Crippen molar-refractivity contribution in [1.82, 2.24) is 0 Å². The summed E-state index contributed by atoms with van der Waals surface area (Å²) < 4.78 is 58.3. The van der Waals surface area contributed by atoms with E-state index in [-0.39, 0.29) is 11.5 Å². The summed E-state index contributed by atoms with van der Waals surface area (Å²) in [5.74, 6) is -0.808. The molecule has 2 N–H and O–H groups in total. The van der Waals surface area contributed by atoms with Gasteiger partial charge in [-0.2, -0.15) is 0 Å². The largest absolute Gasteiger partial charge is 0.573 e. The predicted molar refractivity (Wildman–Crippen MR) is 72.1 cm³/mol. The Balaban J connectivity index is 2.21. The van der Waals surface area contributed by atoms with Crippen LogP contribution in [-0.4, -0.2) is 13.5 Å². The number of methoxy groups -OCH3 is 1. The molecule has 1 atom stereocenters. The third-order valence-electron chi connectivity index (χ3n) is 3.01. The van der Waals surface area contributed by atoms with Crippen LogP contribution in [0.15, 0.2) is 42.5 Å². The molecule has 0 aliphatic rings. The minimum atomic E-state index is -4.74. The number of hydrogen-bond acceptors (Lipinski definition) is 3. The van der Waals surface area contributed by atoms with E-state index in [2.05, 4.69) is 4.74 Å². The van der Waals surface area contributed by atoms with E-state index in [1.807, 2.05) is 0 Å². The Morgan fingerprint density at radius 1 is 1.00 bits per heavy atom. The zero-order valence-corrected chi connectivity index (χ0v) is 11.5. The normalized spacial score (nSPS) is 12.8. The molecule has 0 aromatic heterocycles. The second kappa shape index (κ2) is 6.23. The zero-order chi connectivity index (χ0) is 16.3. The van der Waals surface area contributed by atoms with Crippen molar-refractivity contribution < 1.29 is 27.0 Å². The summed E-state index contributed by atoms with van der Waals surface area (Å²) in [4.78, 5) is 0. The Hall–Kier alpha value is -2.28. The van der Waals surface area contributed by atoms with Gasteiger partial charge in [0.15, 0.2) is 11.6 Å². The Bertz CT molecular complexity index is 641. The van der Waals surface area contributed by atoms with E-state index in [0.717, 1.165) is 0 Å². The Morgan fingerprint density at radius 2 is 1.59 bits per heavy atom. The number of hydrogen-bond donors (Lipinski definition) is 1. The van der Waals surface area contributed by atoms with E-state index in [1.165, 1.54) is 49.6 Å². The maximum absolute atomic E-state index is 13.4. The predicted octanol–water partition coefficient (Wildman–Crippen LogP) is 3.78. The fourth-order valence-corrected chi connectivity index (χ4v) is 1.94. The maximum atomic E-state index is 13.4. The van der Waals surface area contributed by atoms with Gasteiger partial charge in [0.25, 0.3) is 0 Å². The van der Waals surface area contributed by atoms with Crippen molar-refractivity contribution in [3.63, 3.8) is 0 Å². The van der Waals surface area contributed by atoms with Gasteiger partial charge in [-0.3, -0.25) is 0 Å². The van der Waals surface area contributed by atoms with Crippen LogP contribution in [0, 0.1) is 5.82 Å². The first-order valence-electron chi connectivity index (χ1n) is 6.25. The van der Waals surface area contributed by atoms with Gasteiger partial charge in [0.05, 0.1) is 13.2 Å². The number of ether oxygens (including phenoxy) is 2. The molecular weight excluding hydrogens is 302 g/mol. The van der Waals surface area contributed by atoms with Crippen LogP contribution < -0.4 is 15.2 Å². The van der Waals surface area contributed by atoms with Crippen LogP contribution in [-0.2, 0) is 0 Å². The van der Waals surface area contributed by atoms with Gasteiger partial charge in [0.2, 0.25) is 0 Å². The van der Waals surface area contributed by atoms with Gasteiger partial charge in [-0.05, 0) is 35.4 Å². The molecule has 0 aliphatic carbocycles. The number of rotatable bonds is 4. The highest BCUT2D eigenvalue weighted by Crippen LogP contribution is 2.28. The summed E-state index contributed by atoms with van der Waals surface area (Å²) in [5, 5.41) is 0. The smallest absolute Gasteiger partial charge is 0.494 e. The molecule has 0 radical (unpaired) electrons. The van der Waals surface area contributed by atoms with Crippen molar-refractivity contribution in [3.8, 4) is 11.5 Å². The van der Waals surface area contributed by atoms with Gasteiger partial charge in [0, 0.05) is 0 Å². The molecule has 118 valence electrons. The molecule has 0 amide bonds. The summed E-state index contributed by atoms with van der Waals surface area (Å²) in [6.45, 7) is 0. The van der Waals surface area contributed by atoms with Crippen LogP contribution in [0.4, 0.5) is 17.6 Å². The molecule has 3 nitrogen and oxygen atoms in total. The van der Waals surface area contributed by atoms with Crippen LogP contribution in [0.2, 0.25) is 0 Å². The van der Waals surface area contributed by atoms with Gasteiger partial charge in [0.1, 0.15) is 5.75 Å². The van der Waals surface area contributed by atoms with Crippen molar-refractivity contribution in [3.05, 3.63) is 59.4 Å². The van der Waals surface area contributed by atoms with Gasteiger partial charge in [-0.15, -0.1) is 13.2 Å². The summed E-state index contributed by atoms with van der Waals surface area (Å²) in [5.41, 5.74) is 7.16. The highest BCUT2D eigenvalue weighted by molar-refractivity contribution is 5.39. The standard InChI is InChI=1S/C15H13F4NO2/c1-21-13-8-10(4-7-12(13)16)14(20)9-2-5-11(6-3-9)22-15(17,18)19/h2-8,14H,20H2,1H3/t14-/m0/s1. The zero-order valence-electron chi connectivity index (χ0n) is 11.5. The molecule has 0 unspecified atom stereocenters. The molecule has 2 aromatic carbocycles. The van der Waals surface area contributed by atoms with Crippen LogP contribution >= 0.6 is 0 Å². The molecule has 0 spiro atoms. The Kier molecular flexibility index (Phi) is 4.56. The van der Waals surface area contributed by atoms with E-state index in [9.17, 15) is 17.6 Å². The van der Waals surface area contributed by atoms with Crippen molar-refractivity contribution >= 4 is 0 Å². The topological polar surface area (TPSA) is 44.5 Å². The van der Waals surface area contributed by atoms with Gasteiger partial charge >= 0.3 is 6.36 Å². The molecule has 0 saturated carbocycles. The summed E-state index contributed by atoms with van der Waals surface area (Å²) in [7, 11) is 1.33. The third kappa shape index (κ3) is 3.88. The average molecular weight is 315 g/mol. The quantitative estimate of drug-likeness (QED) is 0.873. The van der Waals surface area contributed by atoms with E-state index in [4.69, 9.17) is 10.5 Å². The lowest BCUT2D eigenvalue weighted by molar-refractivity contribution is -0.274. The van der Waals surface area contributed by atoms with Gasteiger partial charge < -0.3 is 15.2 Å². The van der Waals surface area contributed by atoms with Crippen molar-refractivity contribution in [1.29, 1.82) is 0 Å². The molecule has 0 saturated heterocycles. The molecular formula is C15H13F4NO2. The molecule has 2 rings (SSSR count). The SMILES string of the molecule is COc1cc([C@@H](N)c2ccc(OC(F)(F)F)cc2)ccc1F.